The average molecular weight is 330 g/mol. The van der Waals surface area contributed by atoms with Crippen molar-refractivity contribution in [3.63, 3.8) is 0 Å². The Bertz CT molecular complexity index is 768. The molecule has 7 nitrogen and oxygen atoms in total. The standard InChI is InChI=1S/C17H22N4O3/c1-4-11-9-15(24-20-11)17(22)21(2)8-7-16-18-13-6-5-12(23-3)10-14(13)19-16/h5-6,10,15H,4,7-9H2,1-3H3,(H,18,19)/t15-/m0/s1. The zero-order valence-electron chi connectivity index (χ0n) is 14.2. The third-order valence-electron chi connectivity index (χ3n) is 4.21. The highest BCUT2D eigenvalue weighted by Crippen LogP contribution is 2.19. The molecule has 1 atom stereocenters. The largest absolute Gasteiger partial charge is 0.497 e. The van der Waals surface area contributed by atoms with Crippen LogP contribution in [0.3, 0.4) is 0 Å². The van der Waals surface area contributed by atoms with Crippen molar-refractivity contribution < 1.29 is 14.4 Å². The number of methoxy groups -OCH3 is 1. The number of carbonyl (C=O) groups is 1. The van der Waals surface area contributed by atoms with E-state index in [0.29, 0.717) is 19.4 Å². The van der Waals surface area contributed by atoms with E-state index in [1.807, 2.05) is 25.1 Å². The summed E-state index contributed by atoms with van der Waals surface area (Å²) in [7, 11) is 3.42. The minimum Gasteiger partial charge on any atom is -0.497 e. The molecular weight excluding hydrogens is 308 g/mol. The van der Waals surface area contributed by atoms with E-state index in [1.54, 1.807) is 19.1 Å². The van der Waals surface area contributed by atoms with Gasteiger partial charge in [0.05, 0.1) is 23.9 Å². The van der Waals surface area contributed by atoms with Crippen molar-refractivity contribution in [2.24, 2.45) is 5.16 Å². The van der Waals surface area contributed by atoms with Gasteiger partial charge in [-0.25, -0.2) is 4.98 Å². The maximum atomic E-state index is 12.4. The first-order valence-electron chi connectivity index (χ1n) is 8.10. The highest BCUT2D eigenvalue weighted by Gasteiger charge is 2.29. The molecule has 2 heterocycles. The van der Waals surface area contributed by atoms with Crippen LogP contribution in [-0.4, -0.2) is 53.3 Å². The summed E-state index contributed by atoms with van der Waals surface area (Å²) < 4.78 is 5.21. The van der Waals surface area contributed by atoms with Gasteiger partial charge in [-0.05, 0) is 18.6 Å². The van der Waals surface area contributed by atoms with Gasteiger partial charge in [-0.15, -0.1) is 0 Å². The number of nitrogens with zero attached hydrogens (tertiary/aromatic N) is 3. The number of nitrogens with one attached hydrogen (secondary N) is 1. The second kappa shape index (κ2) is 6.90. The summed E-state index contributed by atoms with van der Waals surface area (Å²) >= 11 is 0. The number of rotatable bonds is 6. The zero-order chi connectivity index (χ0) is 17.1. The van der Waals surface area contributed by atoms with E-state index in [2.05, 4.69) is 15.1 Å². The number of oxime groups is 1. The van der Waals surface area contributed by atoms with E-state index in [9.17, 15) is 4.79 Å². The molecule has 2 aromatic rings. The van der Waals surface area contributed by atoms with Crippen LogP contribution in [0.2, 0.25) is 0 Å². The van der Waals surface area contributed by atoms with Crippen LogP contribution in [0.15, 0.2) is 23.4 Å². The number of benzene rings is 1. The molecule has 128 valence electrons. The van der Waals surface area contributed by atoms with Crippen molar-refractivity contribution in [2.45, 2.75) is 32.3 Å². The van der Waals surface area contributed by atoms with Crippen LogP contribution in [0.4, 0.5) is 0 Å². The summed E-state index contributed by atoms with van der Waals surface area (Å²) in [4.78, 5) is 27.1. The molecule has 3 rings (SSSR count). The molecule has 1 amide bonds. The first kappa shape index (κ1) is 16.3. The Morgan fingerprint density at radius 3 is 3.04 bits per heavy atom. The minimum atomic E-state index is -0.482. The van der Waals surface area contributed by atoms with Gasteiger partial charge in [-0.1, -0.05) is 12.1 Å². The van der Waals surface area contributed by atoms with Crippen molar-refractivity contribution in [1.82, 2.24) is 14.9 Å². The van der Waals surface area contributed by atoms with Crippen molar-refractivity contribution >= 4 is 22.7 Å². The molecule has 1 aliphatic heterocycles. The molecule has 0 saturated carbocycles. The Morgan fingerprint density at radius 1 is 1.50 bits per heavy atom. The number of carbonyl (C=O) groups excluding carboxylic acids is 1. The van der Waals surface area contributed by atoms with Crippen molar-refractivity contribution in [2.75, 3.05) is 20.7 Å². The second-order valence-corrected chi connectivity index (χ2v) is 5.89. The number of aromatic amines is 1. The third-order valence-corrected chi connectivity index (χ3v) is 4.21. The van der Waals surface area contributed by atoms with Crippen molar-refractivity contribution in [1.29, 1.82) is 0 Å². The molecule has 0 spiro atoms. The van der Waals surface area contributed by atoms with E-state index < -0.39 is 6.10 Å². The fourth-order valence-corrected chi connectivity index (χ4v) is 2.68. The molecule has 0 saturated heterocycles. The Balaban J connectivity index is 1.58. The van der Waals surface area contributed by atoms with Gasteiger partial charge in [0, 0.05) is 32.5 Å². The van der Waals surface area contributed by atoms with Gasteiger partial charge in [0.2, 0.25) is 6.10 Å². The van der Waals surface area contributed by atoms with E-state index in [0.717, 1.165) is 34.7 Å². The lowest BCUT2D eigenvalue weighted by Gasteiger charge is -2.19. The number of amides is 1. The third kappa shape index (κ3) is 3.34. The van der Waals surface area contributed by atoms with E-state index in [1.165, 1.54) is 0 Å². The van der Waals surface area contributed by atoms with Crippen molar-refractivity contribution in [3.05, 3.63) is 24.0 Å². The molecule has 24 heavy (non-hydrogen) atoms. The average Bonchev–Trinajstić information content (AvgIpc) is 3.24. The van der Waals surface area contributed by atoms with Gasteiger partial charge in [-0.3, -0.25) is 4.79 Å². The summed E-state index contributed by atoms with van der Waals surface area (Å²) in [6.45, 7) is 2.58. The van der Waals surface area contributed by atoms with Gasteiger partial charge in [0.1, 0.15) is 11.6 Å². The predicted octanol–water partition coefficient (Wildman–Crippen LogP) is 2.13. The predicted molar refractivity (Wildman–Crippen MR) is 91.2 cm³/mol. The lowest BCUT2D eigenvalue weighted by Crippen LogP contribution is -2.37. The highest BCUT2D eigenvalue weighted by atomic mass is 16.6. The first-order chi connectivity index (χ1) is 11.6. The minimum absolute atomic E-state index is 0.0417. The van der Waals surface area contributed by atoms with Crippen LogP contribution in [0, 0.1) is 0 Å². The summed E-state index contributed by atoms with van der Waals surface area (Å²) in [5.41, 5.74) is 2.76. The SMILES string of the molecule is CCC1=NO[C@H](C(=O)N(C)CCc2nc3ccc(OC)cc3[nH]2)C1. The van der Waals surface area contributed by atoms with Gasteiger partial charge >= 0.3 is 0 Å². The second-order valence-electron chi connectivity index (χ2n) is 5.89. The number of hydrogen-bond acceptors (Lipinski definition) is 5. The van der Waals surface area contributed by atoms with Crippen LogP contribution in [0.1, 0.15) is 25.6 Å². The highest BCUT2D eigenvalue weighted by molar-refractivity contribution is 5.92. The number of imidazole rings is 1. The van der Waals surface area contributed by atoms with E-state index in [4.69, 9.17) is 9.57 Å². The molecule has 0 unspecified atom stereocenters. The van der Waals surface area contributed by atoms with Crippen LogP contribution < -0.4 is 4.74 Å². The van der Waals surface area contributed by atoms with Gasteiger partial charge in [0.15, 0.2) is 0 Å². The number of H-pyrrole nitrogens is 1. The summed E-state index contributed by atoms with van der Waals surface area (Å²) in [5.74, 6) is 1.59. The van der Waals surface area contributed by atoms with Crippen LogP contribution in [0.25, 0.3) is 11.0 Å². The lowest BCUT2D eigenvalue weighted by atomic mass is 10.1. The number of aromatic nitrogens is 2. The Morgan fingerprint density at radius 2 is 2.33 bits per heavy atom. The Hall–Kier alpha value is -2.57. The zero-order valence-corrected chi connectivity index (χ0v) is 14.2. The Labute approximate surface area is 140 Å². The summed E-state index contributed by atoms with van der Waals surface area (Å²) in [6.07, 6.45) is 1.57. The summed E-state index contributed by atoms with van der Waals surface area (Å²) in [6, 6.07) is 5.71. The van der Waals surface area contributed by atoms with Crippen LogP contribution in [0.5, 0.6) is 5.75 Å². The fraction of sp³-hybridized carbons (Fsp3) is 0.471. The molecule has 0 radical (unpaired) electrons. The van der Waals surface area contributed by atoms with Gasteiger partial charge in [0.25, 0.3) is 5.91 Å². The molecule has 0 bridgehead atoms. The first-order valence-corrected chi connectivity index (χ1v) is 8.10. The normalized spacial score (nSPS) is 16.8. The van der Waals surface area contributed by atoms with Crippen molar-refractivity contribution in [3.8, 4) is 5.75 Å². The maximum absolute atomic E-state index is 12.4. The molecule has 0 fully saturated rings. The smallest absolute Gasteiger partial charge is 0.266 e. The fourth-order valence-electron chi connectivity index (χ4n) is 2.68. The molecule has 7 heteroatoms. The Kier molecular flexibility index (Phi) is 4.69. The van der Waals surface area contributed by atoms with Gasteiger partial charge in [-0.2, -0.15) is 0 Å². The molecule has 1 aromatic heterocycles. The van der Waals surface area contributed by atoms with Gasteiger partial charge < -0.3 is 19.5 Å². The molecule has 1 N–H and O–H groups in total. The lowest BCUT2D eigenvalue weighted by molar-refractivity contribution is -0.140. The van der Waals surface area contributed by atoms with Crippen LogP contribution >= 0.6 is 0 Å². The number of likely N-dealkylation sites (N-methyl/N-ethyl adjacent to an activating group) is 1. The molecule has 1 aliphatic rings. The molecule has 0 aliphatic carbocycles. The van der Waals surface area contributed by atoms with Crippen LogP contribution in [-0.2, 0) is 16.1 Å². The topological polar surface area (TPSA) is 79.8 Å². The summed E-state index contributed by atoms with van der Waals surface area (Å²) in [5, 5.41) is 3.94. The quantitative estimate of drug-likeness (QED) is 0.880. The van der Waals surface area contributed by atoms with E-state index >= 15 is 0 Å². The number of fused-ring (bicyclic) bond motifs is 1. The molecular formula is C17H22N4O3. The molecule has 1 aromatic carbocycles. The van der Waals surface area contributed by atoms with E-state index in [-0.39, 0.29) is 5.91 Å². The number of ether oxygens (including phenoxy) is 1. The number of hydrogen-bond donors (Lipinski definition) is 1. The maximum Gasteiger partial charge on any atom is 0.266 e. The monoisotopic (exact) mass is 330 g/mol.